The minimum Gasteiger partial charge on any atom is -0.463 e. The normalized spacial score (nSPS) is 27.4. The van der Waals surface area contributed by atoms with Crippen molar-refractivity contribution in [1.29, 1.82) is 0 Å². The summed E-state index contributed by atoms with van der Waals surface area (Å²) >= 11 is 0. The van der Waals surface area contributed by atoms with Crippen molar-refractivity contribution in [2.75, 3.05) is 19.7 Å². The van der Waals surface area contributed by atoms with Gasteiger partial charge in [-0.2, -0.15) is 0 Å². The quantitative estimate of drug-likeness (QED) is 0.0705. The van der Waals surface area contributed by atoms with E-state index in [0.717, 1.165) is 48.5 Å². The minimum absolute atomic E-state index is 0.336. The van der Waals surface area contributed by atoms with Crippen molar-refractivity contribution in [2.24, 2.45) is 0 Å². The first-order valence-corrected chi connectivity index (χ1v) is 28.5. The van der Waals surface area contributed by atoms with Crippen LogP contribution in [-0.2, 0) is 109 Å². The largest absolute Gasteiger partial charge is 0.463 e. The number of nitrogens with one attached hydrogen (secondary N) is 5. The Morgan fingerprint density at radius 1 is 0.449 bits per heavy atom. The fraction of sp³-hybridized carbons (Fsp3) is 0.786. The van der Waals surface area contributed by atoms with E-state index in [2.05, 4.69) is 26.6 Å². The maximum absolute atomic E-state index is 14.7. The Hall–Kier alpha value is -7.36. The van der Waals surface area contributed by atoms with Crippen LogP contribution in [0.5, 0.6) is 0 Å². The van der Waals surface area contributed by atoms with E-state index in [1.165, 1.54) is 41.5 Å². The molecule has 1 saturated carbocycles. The molecule has 16 atom stereocenters. The van der Waals surface area contributed by atoms with Crippen LogP contribution in [0.2, 0.25) is 0 Å². The number of ether oxygens (including phenoxy) is 15. The van der Waals surface area contributed by atoms with E-state index >= 15 is 0 Å². The highest BCUT2D eigenvalue weighted by atomic mass is 16.8. The number of aliphatic hydroxyl groups is 1. The van der Waals surface area contributed by atoms with Crippen LogP contribution in [0.4, 0.5) is 19.2 Å². The number of hydrogen-bond acceptors (Lipinski definition) is 28. The Kier molecular flexibility index (Phi) is 27.6. The van der Waals surface area contributed by atoms with Gasteiger partial charge in [-0.05, 0) is 89.5 Å². The molecule has 2 aliphatic heterocycles. The van der Waals surface area contributed by atoms with Crippen LogP contribution < -0.4 is 26.6 Å². The van der Waals surface area contributed by atoms with E-state index in [1.807, 2.05) is 0 Å². The second-order valence-electron chi connectivity index (χ2n) is 24.9. The summed E-state index contributed by atoms with van der Waals surface area (Å²) < 4.78 is 86.8. The van der Waals surface area contributed by atoms with Crippen LogP contribution in [0.25, 0.3) is 0 Å². The van der Waals surface area contributed by atoms with Gasteiger partial charge in [0.2, 0.25) is 0 Å². The fourth-order valence-corrected chi connectivity index (χ4v) is 9.20. The Bertz CT molecular complexity index is 2520. The lowest BCUT2D eigenvalue weighted by molar-refractivity contribution is -0.336. The van der Waals surface area contributed by atoms with Crippen molar-refractivity contribution < 1.29 is 134 Å². The van der Waals surface area contributed by atoms with E-state index < -0.39 is 218 Å². The van der Waals surface area contributed by atoms with Gasteiger partial charge in [-0.15, -0.1) is 0 Å². The van der Waals surface area contributed by atoms with Gasteiger partial charge in [-0.1, -0.05) is 0 Å². The molecule has 0 bridgehead atoms. The minimum atomic E-state index is -2.33. The smallest absolute Gasteiger partial charge is 0.408 e. The van der Waals surface area contributed by atoms with Crippen LogP contribution in [0, 0.1) is 0 Å². The summed E-state index contributed by atoms with van der Waals surface area (Å²) in [6.07, 6.45) is -30.1. The average Bonchev–Trinajstić information content (AvgIpc) is 2.40. The highest BCUT2D eigenvalue weighted by Gasteiger charge is 2.58. The molecule has 506 valence electrons. The molecule has 89 heavy (non-hydrogen) atoms. The molecule has 0 aromatic heterocycles. The summed E-state index contributed by atoms with van der Waals surface area (Å²) in [6, 6.07) is -5.09. The van der Waals surface area contributed by atoms with Crippen molar-refractivity contribution in [3.05, 3.63) is 0 Å². The molecule has 3 aliphatic rings. The number of rotatable bonds is 21. The third kappa shape index (κ3) is 26.7. The molecule has 2 saturated heterocycles. The third-order valence-electron chi connectivity index (χ3n) is 12.0. The van der Waals surface area contributed by atoms with Gasteiger partial charge in [0.1, 0.15) is 65.6 Å². The highest BCUT2D eigenvalue weighted by molar-refractivity contribution is 5.84. The van der Waals surface area contributed by atoms with Gasteiger partial charge < -0.3 is 103 Å². The first kappa shape index (κ1) is 75.9. The number of carbonyl (C=O) groups excluding carboxylic acids is 12. The predicted octanol–water partition coefficient (Wildman–Crippen LogP) is 1.84. The first-order chi connectivity index (χ1) is 40.8. The lowest BCUT2D eigenvalue weighted by atomic mass is 9.82. The van der Waals surface area contributed by atoms with E-state index in [-0.39, 0.29) is 6.54 Å². The maximum Gasteiger partial charge on any atom is 0.408 e. The molecule has 0 spiro atoms. The van der Waals surface area contributed by atoms with E-state index in [4.69, 9.17) is 71.1 Å². The van der Waals surface area contributed by atoms with Crippen LogP contribution >= 0.6 is 0 Å². The molecule has 6 N–H and O–H groups in total. The second kappa shape index (κ2) is 32.4. The van der Waals surface area contributed by atoms with Crippen molar-refractivity contribution in [1.82, 2.24) is 26.6 Å². The summed E-state index contributed by atoms with van der Waals surface area (Å²) in [7, 11) is 0. The number of esters is 7. The molecule has 16 unspecified atom stereocenters. The lowest BCUT2D eigenvalue weighted by Gasteiger charge is -2.50. The zero-order chi connectivity index (χ0) is 67.8. The van der Waals surface area contributed by atoms with Gasteiger partial charge in [0.05, 0.1) is 18.6 Å². The Balaban J connectivity index is 2.47. The Morgan fingerprint density at radius 2 is 0.854 bits per heavy atom. The van der Waals surface area contributed by atoms with E-state index in [1.54, 1.807) is 41.5 Å². The number of amides is 5. The van der Waals surface area contributed by atoms with Gasteiger partial charge in [0.15, 0.2) is 49.2 Å². The number of alkyl carbamates (subject to hydrolysis) is 4. The molecule has 0 aromatic rings. The number of aliphatic hydroxyl groups excluding tert-OH is 1. The number of carbonyl (C=O) groups is 12. The average molecular weight is 1280 g/mol. The molecule has 1 aliphatic carbocycles. The Labute approximate surface area is 515 Å². The second-order valence-corrected chi connectivity index (χ2v) is 24.9. The SMILES string of the molecule is CC(=O)OCC1OC(OC2C(NC(=O)C(CCNC(=O)OC(C)(C)C)OC(C)=O)CC(NC(=O)OC(C)(C)C)C(OC3OC(CNC(=O)OC(C)(C)C)C(OC(C)=O)C(OC(C)=O)C3OC(C)=O)C2O)C(OC(C)=O)C(NC(=O)OC(C)(C)C)C1OC(C)=O. The molecule has 0 radical (unpaired) electrons. The molecular formula is C56H89N5O28. The molecule has 5 amide bonds. The van der Waals surface area contributed by atoms with Crippen molar-refractivity contribution in [2.45, 2.75) is 265 Å². The summed E-state index contributed by atoms with van der Waals surface area (Å²) in [5.41, 5.74) is -4.35. The monoisotopic (exact) mass is 1280 g/mol. The predicted molar refractivity (Wildman–Crippen MR) is 299 cm³/mol. The topological polar surface area (TPSA) is 424 Å². The van der Waals surface area contributed by atoms with Gasteiger partial charge in [0.25, 0.3) is 5.91 Å². The number of hydrogen-bond donors (Lipinski definition) is 6. The molecule has 3 rings (SSSR count). The fourth-order valence-electron chi connectivity index (χ4n) is 9.20. The van der Waals surface area contributed by atoms with Gasteiger partial charge in [-0.25, -0.2) is 19.2 Å². The molecule has 33 heteroatoms. The molecule has 2 heterocycles. The van der Waals surface area contributed by atoms with Gasteiger partial charge in [-0.3, -0.25) is 38.4 Å². The van der Waals surface area contributed by atoms with Crippen molar-refractivity contribution in [3.63, 3.8) is 0 Å². The molecular weight excluding hydrogens is 1190 g/mol. The summed E-state index contributed by atoms with van der Waals surface area (Å²) in [5, 5.41) is 25.9. The Morgan fingerprint density at radius 3 is 1.33 bits per heavy atom. The van der Waals surface area contributed by atoms with Crippen LogP contribution in [0.1, 0.15) is 144 Å². The van der Waals surface area contributed by atoms with Crippen LogP contribution in [0.3, 0.4) is 0 Å². The zero-order valence-corrected chi connectivity index (χ0v) is 53.7. The van der Waals surface area contributed by atoms with Gasteiger partial charge >= 0.3 is 66.2 Å². The van der Waals surface area contributed by atoms with Crippen LogP contribution in [-0.4, -0.2) is 217 Å². The maximum atomic E-state index is 14.7. The van der Waals surface area contributed by atoms with Gasteiger partial charge in [0, 0.05) is 61.4 Å². The summed E-state index contributed by atoms with van der Waals surface area (Å²) in [5.74, 6) is -8.07. The molecule has 33 nitrogen and oxygen atoms in total. The lowest BCUT2D eigenvalue weighted by Crippen LogP contribution is -2.71. The highest BCUT2D eigenvalue weighted by Crippen LogP contribution is 2.37. The first-order valence-electron chi connectivity index (χ1n) is 28.5. The van der Waals surface area contributed by atoms with E-state index in [0.29, 0.717) is 0 Å². The van der Waals surface area contributed by atoms with Crippen molar-refractivity contribution in [3.8, 4) is 0 Å². The molecule has 3 fully saturated rings. The summed E-state index contributed by atoms with van der Waals surface area (Å²) in [4.78, 5) is 158. The zero-order valence-electron chi connectivity index (χ0n) is 53.7. The standard InChI is InChI=1S/C56H89N5O28/c1-25(62)75-24-36-41(77-27(3)64)37(61-52(74)89-56(17,18)19)43(79-29(5)66)47(83-36)84-39-32(59-46(70)34(76-26(2)63)20-21-57-49(71)86-53(8,9)10)22-33(60-51(73)88-55(14,15)16)40(38(39)69)85-48-45(81-31(7)68)44(80-30(6)67)42(78-28(4)65)35(82-48)23-58-50(72)87-54(11,12)13/h32-45,47-48,69H,20-24H2,1-19H3,(H,57,71)(H,58,72)(H,59,70)(H,60,73)(H,61,74). The third-order valence-corrected chi connectivity index (χ3v) is 12.0. The van der Waals surface area contributed by atoms with Crippen molar-refractivity contribution >= 4 is 72.1 Å². The summed E-state index contributed by atoms with van der Waals surface area (Å²) in [6.45, 7) is 23.8. The van der Waals surface area contributed by atoms with Crippen LogP contribution in [0.15, 0.2) is 0 Å². The molecule has 0 aromatic carbocycles. The van der Waals surface area contributed by atoms with E-state index in [9.17, 15) is 62.6 Å².